The molecule has 1 saturated heterocycles. The van der Waals surface area contributed by atoms with Gasteiger partial charge in [0, 0.05) is 20.1 Å². The lowest BCUT2D eigenvalue weighted by atomic mass is 10.4. The third kappa shape index (κ3) is 2.75. The molecule has 2 unspecified atom stereocenters. The summed E-state index contributed by atoms with van der Waals surface area (Å²) in [6.07, 6.45) is 0.757. The molecule has 66 valence electrons. The van der Waals surface area contributed by atoms with Crippen molar-refractivity contribution in [2.45, 2.75) is 18.8 Å². The number of hydrogen-bond donors (Lipinski definition) is 1. The summed E-state index contributed by atoms with van der Waals surface area (Å²) in [7, 11) is 1.66. The van der Waals surface area contributed by atoms with Gasteiger partial charge in [-0.1, -0.05) is 0 Å². The maximum absolute atomic E-state index is 5.39. The zero-order valence-electron chi connectivity index (χ0n) is 6.79. The van der Waals surface area contributed by atoms with Crippen molar-refractivity contribution in [1.82, 2.24) is 0 Å². The Balaban J connectivity index is 2.09. The summed E-state index contributed by atoms with van der Waals surface area (Å²) in [5.74, 6) is 0. The predicted molar refractivity (Wildman–Crippen MR) is 40.2 cm³/mol. The van der Waals surface area contributed by atoms with Crippen LogP contribution in [0.4, 0.5) is 0 Å². The second-order valence-electron chi connectivity index (χ2n) is 2.54. The molecule has 1 aliphatic rings. The molecule has 1 fully saturated rings. The van der Waals surface area contributed by atoms with E-state index in [1.54, 1.807) is 7.11 Å². The monoisotopic (exact) mass is 161 g/mol. The highest BCUT2D eigenvalue weighted by Gasteiger charge is 2.23. The van der Waals surface area contributed by atoms with Gasteiger partial charge in [0.25, 0.3) is 0 Å². The molecular weight excluding hydrogens is 146 g/mol. The Morgan fingerprint density at radius 1 is 1.64 bits per heavy atom. The molecule has 1 rings (SSSR count). The zero-order valence-corrected chi connectivity index (χ0v) is 6.79. The maximum Gasteiger partial charge on any atom is 0.160 e. The second-order valence-corrected chi connectivity index (χ2v) is 2.54. The third-order valence-corrected chi connectivity index (χ3v) is 1.63. The van der Waals surface area contributed by atoms with Gasteiger partial charge in [0.1, 0.15) is 0 Å². The highest BCUT2D eigenvalue weighted by Crippen LogP contribution is 2.13. The number of nitrogens with two attached hydrogens (primary N) is 1. The van der Waals surface area contributed by atoms with Crippen molar-refractivity contribution in [2.75, 3.05) is 26.9 Å². The van der Waals surface area contributed by atoms with Crippen molar-refractivity contribution in [2.24, 2.45) is 5.73 Å². The van der Waals surface area contributed by atoms with Crippen molar-refractivity contribution in [3.8, 4) is 0 Å². The maximum atomic E-state index is 5.39. The van der Waals surface area contributed by atoms with Crippen molar-refractivity contribution in [1.29, 1.82) is 0 Å². The Bertz CT molecular complexity index is 110. The van der Waals surface area contributed by atoms with Gasteiger partial charge >= 0.3 is 0 Å². The quantitative estimate of drug-likeness (QED) is 0.616. The van der Waals surface area contributed by atoms with Gasteiger partial charge in [-0.2, -0.15) is 0 Å². The number of rotatable bonds is 4. The van der Waals surface area contributed by atoms with Gasteiger partial charge in [-0.25, -0.2) is 0 Å². The molecule has 0 bridgehead atoms. The largest absolute Gasteiger partial charge is 0.384 e. The average molecular weight is 161 g/mol. The molecule has 0 aliphatic carbocycles. The van der Waals surface area contributed by atoms with Crippen LogP contribution in [-0.2, 0) is 14.2 Å². The molecule has 1 aliphatic heterocycles. The lowest BCUT2D eigenvalue weighted by molar-refractivity contribution is -0.0707. The normalized spacial score (nSPS) is 31.1. The Morgan fingerprint density at radius 3 is 3.00 bits per heavy atom. The molecule has 2 N–H and O–H groups in total. The van der Waals surface area contributed by atoms with Gasteiger partial charge in [0.15, 0.2) is 6.29 Å². The van der Waals surface area contributed by atoms with Crippen LogP contribution in [0.25, 0.3) is 0 Å². The number of hydrogen-bond acceptors (Lipinski definition) is 4. The summed E-state index contributed by atoms with van der Waals surface area (Å²) in [6, 6.07) is 0. The van der Waals surface area contributed by atoms with E-state index >= 15 is 0 Å². The van der Waals surface area contributed by atoms with E-state index in [-0.39, 0.29) is 12.4 Å². The molecule has 0 aromatic carbocycles. The predicted octanol–water partition coefficient (Wildman–Crippen LogP) is -0.277. The molecule has 2 atom stereocenters. The fourth-order valence-electron chi connectivity index (χ4n) is 0.997. The molecule has 0 saturated carbocycles. The number of ether oxygens (including phenoxy) is 3. The van der Waals surface area contributed by atoms with E-state index in [0.717, 1.165) is 6.42 Å². The van der Waals surface area contributed by atoms with E-state index in [1.165, 1.54) is 0 Å². The van der Waals surface area contributed by atoms with Crippen LogP contribution in [0.5, 0.6) is 0 Å². The summed E-state index contributed by atoms with van der Waals surface area (Å²) in [5.41, 5.74) is 5.39. The zero-order chi connectivity index (χ0) is 8.10. The summed E-state index contributed by atoms with van der Waals surface area (Å²) < 4.78 is 15.5. The van der Waals surface area contributed by atoms with Crippen molar-refractivity contribution in [3.63, 3.8) is 0 Å². The molecule has 0 radical (unpaired) electrons. The number of methoxy groups -OCH3 is 1. The molecule has 4 heteroatoms. The highest BCUT2D eigenvalue weighted by atomic mass is 16.7. The smallest absolute Gasteiger partial charge is 0.160 e. The van der Waals surface area contributed by atoms with E-state index in [2.05, 4.69) is 0 Å². The van der Waals surface area contributed by atoms with E-state index < -0.39 is 0 Å². The molecule has 1 heterocycles. The standard InChI is InChI=1S/C7H15NO3/c1-9-3-2-7-10-5-6(4-8)11-7/h6-7H,2-5,8H2,1H3. The first-order chi connectivity index (χ1) is 5.36. The Labute approximate surface area is 66.6 Å². The first-order valence-corrected chi connectivity index (χ1v) is 3.83. The second kappa shape index (κ2) is 4.66. The minimum atomic E-state index is -0.108. The van der Waals surface area contributed by atoms with Gasteiger partial charge in [-0.05, 0) is 0 Å². The van der Waals surface area contributed by atoms with Gasteiger partial charge in [-0.3, -0.25) is 0 Å². The molecule has 4 nitrogen and oxygen atoms in total. The van der Waals surface area contributed by atoms with Crippen molar-refractivity contribution >= 4 is 0 Å². The highest BCUT2D eigenvalue weighted by molar-refractivity contribution is 4.65. The van der Waals surface area contributed by atoms with E-state index in [9.17, 15) is 0 Å². The lowest BCUT2D eigenvalue weighted by Crippen LogP contribution is -2.22. The first kappa shape index (κ1) is 8.93. The summed E-state index contributed by atoms with van der Waals surface area (Å²) in [4.78, 5) is 0. The van der Waals surface area contributed by atoms with Gasteiger partial charge < -0.3 is 19.9 Å². The van der Waals surface area contributed by atoms with Gasteiger partial charge in [-0.15, -0.1) is 0 Å². The summed E-state index contributed by atoms with van der Waals surface area (Å²) in [5, 5.41) is 0. The molecule has 0 amide bonds. The molecule has 0 spiro atoms. The minimum absolute atomic E-state index is 0.0804. The van der Waals surface area contributed by atoms with E-state index in [1.807, 2.05) is 0 Å². The SMILES string of the molecule is COCCC1OCC(CN)O1. The Kier molecular flexibility index (Phi) is 3.79. The van der Waals surface area contributed by atoms with E-state index in [0.29, 0.717) is 19.8 Å². The Morgan fingerprint density at radius 2 is 2.45 bits per heavy atom. The average Bonchev–Trinajstić information content (AvgIpc) is 2.48. The van der Waals surface area contributed by atoms with Crippen molar-refractivity contribution in [3.05, 3.63) is 0 Å². The lowest BCUT2D eigenvalue weighted by Gasteiger charge is -2.08. The Hall–Kier alpha value is -0.160. The van der Waals surface area contributed by atoms with Crippen LogP contribution < -0.4 is 5.73 Å². The van der Waals surface area contributed by atoms with Gasteiger partial charge in [0.05, 0.1) is 19.3 Å². The molecule has 0 aromatic rings. The van der Waals surface area contributed by atoms with Gasteiger partial charge in [0.2, 0.25) is 0 Å². The van der Waals surface area contributed by atoms with Crippen molar-refractivity contribution < 1.29 is 14.2 Å². The fraction of sp³-hybridized carbons (Fsp3) is 1.00. The van der Waals surface area contributed by atoms with Crippen LogP contribution >= 0.6 is 0 Å². The first-order valence-electron chi connectivity index (χ1n) is 3.83. The topological polar surface area (TPSA) is 53.7 Å². The van der Waals surface area contributed by atoms with Crippen LogP contribution in [0, 0.1) is 0 Å². The van der Waals surface area contributed by atoms with Crippen LogP contribution in [0.1, 0.15) is 6.42 Å². The fourth-order valence-corrected chi connectivity index (χ4v) is 0.997. The van der Waals surface area contributed by atoms with Crippen LogP contribution in [0.2, 0.25) is 0 Å². The van der Waals surface area contributed by atoms with E-state index in [4.69, 9.17) is 19.9 Å². The summed E-state index contributed by atoms with van der Waals surface area (Å²) in [6.45, 7) is 1.82. The molecule has 11 heavy (non-hydrogen) atoms. The van der Waals surface area contributed by atoms with Crippen LogP contribution in [0.3, 0.4) is 0 Å². The third-order valence-electron chi connectivity index (χ3n) is 1.63. The minimum Gasteiger partial charge on any atom is -0.384 e. The van der Waals surface area contributed by atoms with Crippen LogP contribution in [0.15, 0.2) is 0 Å². The molecular formula is C7H15NO3. The van der Waals surface area contributed by atoms with Crippen LogP contribution in [-0.4, -0.2) is 39.3 Å². The molecule has 0 aromatic heterocycles. The summed E-state index contributed by atoms with van der Waals surface area (Å²) >= 11 is 0.